The Morgan fingerprint density at radius 2 is 2.14 bits per heavy atom. The molecule has 4 heteroatoms. The molecule has 0 unspecified atom stereocenters. The monoisotopic (exact) mass is 216 g/mol. The van der Waals surface area contributed by atoms with Gasteiger partial charge in [0.25, 0.3) is 0 Å². The molecule has 0 spiro atoms. The van der Waals surface area contributed by atoms with Gasteiger partial charge in [-0.05, 0) is 37.1 Å². The quantitative estimate of drug-likeness (QED) is 0.811. The fraction of sp³-hybridized carbons (Fsp3) is 0.400. The molecular weight excluding hydrogens is 203 g/mol. The minimum absolute atomic E-state index is 0.161. The van der Waals surface area contributed by atoms with E-state index >= 15 is 0 Å². The summed E-state index contributed by atoms with van der Waals surface area (Å²) in [6.07, 6.45) is 1.61. The maximum atomic E-state index is 12.7. The Kier molecular flexibility index (Phi) is 4.32. The molecular formula is C10H14ClFN2. The zero-order valence-corrected chi connectivity index (χ0v) is 8.60. The Morgan fingerprint density at radius 3 is 2.71 bits per heavy atom. The second-order valence-electron chi connectivity index (χ2n) is 3.20. The van der Waals surface area contributed by atoms with Crippen molar-refractivity contribution in [3.63, 3.8) is 0 Å². The van der Waals surface area contributed by atoms with E-state index in [0.717, 1.165) is 18.4 Å². The third-order valence-corrected chi connectivity index (χ3v) is 2.41. The summed E-state index contributed by atoms with van der Waals surface area (Å²) in [5.41, 5.74) is 12.0. The summed E-state index contributed by atoms with van der Waals surface area (Å²) < 4.78 is 12.7. The van der Waals surface area contributed by atoms with Crippen LogP contribution in [0.5, 0.6) is 0 Å². The maximum Gasteiger partial charge on any atom is 0.124 e. The van der Waals surface area contributed by atoms with E-state index in [0.29, 0.717) is 11.6 Å². The largest absolute Gasteiger partial charge is 0.330 e. The van der Waals surface area contributed by atoms with Gasteiger partial charge in [-0.3, -0.25) is 0 Å². The third kappa shape index (κ3) is 2.94. The minimum Gasteiger partial charge on any atom is -0.330 e. The van der Waals surface area contributed by atoms with Crippen molar-refractivity contribution >= 4 is 11.6 Å². The Balaban J connectivity index is 2.74. The van der Waals surface area contributed by atoms with Gasteiger partial charge in [-0.25, -0.2) is 4.39 Å². The molecule has 0 aliphatic heterocycles. The van der Waals surface area contributed by atoms with E-state index in [1.54, 1.807) is 6.07 Å². The third-order valence-electron chi connectivity index (χ3n) is 2.08. The number of benzene rings is 1. The first-order valence-corrected chi connectivity index (χ1v) is 4.93. The van der Waals surface area contributed by atoms with Gasteiger partial charge in [0, 0.05) is 11.1 Å². The molecule has 1 atom stereocenters. The van der Waals surface area contributed by atoms with Crippen LogP contribution in [0.1, 0.15) is 24.4 Å². The molecule has 0 aliphatic carbocycles. The van der Waals surface area contributed by atoms with E-state index < -0.39 is 0 Å². The van der Waals surface area contributed by atoms with Gasteiger partial charge >= 0.3 is 0 Å². The Morgan fingerprint density at radius 1 is 1.43 bits per heavy atom. The van der Waals surface area contributed by atoms with Crippen molar-refractivity contribution in [2.24, 2.45) is 11.5 Å². The van der Waals surface area contributed by atoms with Crippen molar-refractivity contribution < 1.29 is 4.39 Å². The van der Waals surface area contributed by atoms with E-state index in [9.17, 15) is 4.39 Å². The number of hydrogen-bond acceptors (Lipinski definition) is 2. The second-order valence-corrected chi connectivity index (χ2v) is 3.61. The summed E-state index contributed by atoms with van der Waals surface area (Å²) in [5.74, 6) is -0.343. The van der Waals surface area contributed by atoms with Gasteiger partial charge in [-0.1, -0.05) is 17.7 Å². The number of halogens is 2. The molecule has 1 rings (SSSR count). The molecule has 2 nitrogen and oxygen atoms in total. The smallest absolute Gasteiger partial charge is 0.124 e. The van der Waals surface area contributed by atoms with Gasteiger partial charge in [-0.15, -0.1) is 0 Å². The van der Waals surface area contributed by atoms with Crippen molar-refractivity contribution in [2.45, 2.75) is 18.9 Å². The fourth-order valence-electron chi connectivity index (χ4n) is 1.30. The van der Waals surface area contributed by atoms with E-state index in [1.165, 1.54) is 12.1 Å². The maximum absolute atomic E-state index is 12.7. The molecule has 4 N–H and O–H groups in total. The van der Waals surface area contributed by atoms with Gasteiger partial charge in [-0.2, -0.15) is 0 Å². The minimum atomic E-state index is -0.343. The first kappa shape index (κ1) is 11.4. The van der Waals surface area contributed by atoms with Crippen LogP contribution in [0.25, 0.3) is 0 Å². The highest BCUT2D eigenvalue weighted by Crippen LogP contribution is 2.24. The first-order chi connectivity index (χ1) is 6.65. The van der Waals surface area contributed by atoms with E-state index in [2.05, 4.69) is 0 Å². The molecule has 0 radical (unpaired) electrons. The molecule has 0 amide bonds. The van der Waals surface area contributed by atoms with E-state index in [4.69, 9.17) is 23.1 Å². The topological polar surface area (TPSA) is 52.0 Å². The number of nitrogens with two attached hydrogens (primary N) is 2. The summed E-state index contributed by atoms with van der Waals surface area (Å²) in [7, 11) is 0. The highest BCUT2D eigenvalue weighted by atomic mass is 35.5. The molecule has 0 bridgehead atoms. The predicted octanol–water partition coefficient (Wildman–Crippen LogP) is 2.22. The highest BCUT2D eigenvalue weighted by Gasteiger charge is 2.09. The van der Waals surface area contributed by atoms with E-state index in [1.807, 2.05) is 0 Å². The van der Waals surface area contributed by atoms with Gasteiger partial charge in [0.1, 0.15) is 5.82 Å². The van der Waals surface area contributed by atoms with Crippen LogP contribution in [0.4, 0.5) is 4.39 Å². The Bertz CT molecular complexity index is 304. The predicted molar refractivity (Wildman–Crippen MR) is 56.6 cm³/mol. The molecule has 0 aliphatic rings. The molecule has 0 saturated carbocycles. The average molecular weight is 217 g/mol. The van der Waals surface area contributed by atoms with Gasteiger partial charge in [0.05, 0.1) is 0 Å². The number of hydrogen-bond donors (Lipinski definition) is 2. The number of rotatable bonds is 4. The molecule has 78 valence electrons. The summed E-state index contributed by atoms with van der Waals surface area (Å²) in [5, 5.41) is 0.384. The van der Waals surface area contributed by atoms with Crippen LogP contribution in [0.15, 0.2) is 18.2 Å². The first-order valence-electron chi connectivity index (χ1n) is 4.55. The summed E-state index contributed by atoms with van der Waals surface area (Å²) in [4.78, 5) is 0. The van der Waals surface area contributed by atoms with Crippen LogP contribution in [0, 0.1) is 5.82 Å². The Labute approximate surface area is 88.0 Å². The van der Waals surface area contributed by atoms with Crippen molar-refractivity contribution in [1.82, 2.24) is 0 Å². The average Bonchev–Trinajstić information content (AvgIpc) is 2.14. The lowest BCUT2D eigenvalue weighted by Crippen LogP contribution is -2.13. The lowest BCUT2D eigenvalue weighted by molar-refractivity contribution is 0.607. The second kappa shape index (κ2) is 5.29. The fourth-order valence-corrected chi connectivity index (χ4v) is 1.60. The Hall–Kier alpha value is -0.640. The molecule has 1 aromatic carbocycles. The van der Waals surface area contributed by atoms with Crippen LogP contribution < -0.4 is 11.5 Å². The van der Waals surface area contributed by atoms with Gasteiger partial charge in [0.2, 0.25) is 0 Å². The van der Waals surface area contributed by atoms with Crippen molar-refractivity contribution in [3.05, 3.63) is 34.6 Å². The molecule has 0 saturated heterocycles. The SMILES string of the molecule is NCCC[C@@H](N)c1ccc(F)cc1Cl. The zero-order chi connectivity index (χ0) is 10.6. The van der Waals surface area contributed by atoms with Crippen LogP contribution in [-0.2, 0) is 0 Å². The van der Waals surface area contributed by atoms with Crippen LogP contribution in [-0.4, -0.2) is 6.54 Å². The lowest BCUT2D eigenvalue weighted by Gasteiger charge is -2.12. The summed E-state index contributed by atoms with van der Waals surface area (Å²) in [6.45, 7) is 0.604. The van der Waals surface area contributed by atoms with Gasteiger partial charge < -0.3 is 11.5 Å². The van der Waals surface area contributed by atoms with Crippen molar-refractivity contribution in [3.8, 4) is 0 Å². The highest BCUT2D eigenvalue weighted by molar-refractivity contribution is 6.31. The molecule has 1 aromatic rings. The molecule has 0 fully saturated rings. The van der Waals surface area contributed by atoms with Crippen molar-refractivity contribution in [1.29, 1.82) is 0 Å². The molecule has 0 aromatic heterocycles. The zero-order valence-electron chi connectivity index (χ0n) is 7.84. The van der Waals surface area contributed by atoms with Crippen molar-refractivity contribution in [2.75, 3.05) is 6.54 Å². The summed E-state index contributed by atoms with van der Waals surface area (Å²) >= 11 is 5.85. The normalized spacial score (nSPS) is 12.9. The summed E-state index contributed by atoms with van der Waals surface area (Å²) in [6, 6.07) is 4.10. The van der Waals surface area contributed by atoms with Crippen LogP contribution in [0.3, 0.4) is 0 Å². The van der Waals surface area contributed by atoms with Crippen LogP contribution in [0.2, 0.25) is 5.02 Å². The molecule has 0 heterocycles. The molecule has 14 heavy (non-hydrogen) atoms. The standard InChI is InChI=1S/C10H14ClFN2/c11-9-6-7(12)3-4-8(9)10(14)2-1-5-13/h3-4,6,10H,1-2,5,13-14H2/t10-/m1/s1. The van der Waals surface area contributed by atoms with Gasteiger partial charge in [0.15, 0.2) is 0 Å². The lowest BCUT2D eigenvalue weighted by atomic mass is 10.0. The van der Waals surface area contributed by atoms with E-state index in [-0.39, 0.29) is 11.9 Å². The van der Waals surface area contributed by atoms with Crippen LogP contribution >= 0.6 is 11.6 Å².